The maximum Gasteiger partial charge on any atom is 0.245 e. The third-order valence-corrected chi connectivity index (χ3v) is 3.90. The van der Waals surface area contributed by atoms with E-state index >= 15 is 0 Å². The molecule has 0 spiro atoms. The zero-order chi connectivity index (χ0) is 13.3. The summed E-state index contributed by atoms with van der Waals surface area (Å²) in [7, 11) is 0. The summed E-state index contributed by atoms with van der Waals surface area (Å²) in [6.07, 6.45) is 1.79. The topological polar surface area (TPSA) is 67.9 Å². The van der Waals surface area contributed by atoms with Crippen molar-refractivity contribution in [2.45, 2.75) is 46.1 Å². The van der Waals surface area contributed by atoms with E-state index in [9.17, 15) is 0 Å². The van der Waals surface area contributed by atoms with Gasteiger partial charge in [-0.2, -0.15) is 5.10 Å². The van der Waals surface area contributed by atoms with Crippen LogP contribution in [0.5, 0.6) is 0 Å². The molecule has 0 saturated carbocycles. The Morgan fingerprint density at radius 1 is 1.17 bits per heavy atom. The fourth-order valence-electron chi connectivity index (χ4n) is 2.23. The van der Waals surface area contributed by atoms with Gasteiger partial charge in [0.15, 0.2) is 0 Å². The van der Waals surface area contributed by atoms with Gasteiger partial charge in [-0.1, -0.05) is 27.7 Å². The molecule has 1 aromatic rings. The molecule has 1 aliphatic rings. The summed E-state index contributed by atoms with van der Waals surface area (Å²) in [6, 6.07) is 0. The highest BCUT2D eigenvalue weighted by atomic mass is 15.4. The minimum absolute atomic E-state index is 0.0980. The van der Waals surface area contributed by atoms with E-state index in [-0.39, 0.29) is 5.54 Å². The first-order valence-corrected chi connectivity index (χ1v) is 6.76. The third kappa shape index (κ3) is 2.19. The number of hydrogen-bond acceptors (Lipinski definition) is 5. The van der Waals surface area contributed by atoms with Crippen LogP contribution in [0.2, 0.25) is 0 Å². The Morgan fingerprint density at radius 2 is 1.78 bits per heavy atom. The van der Waals surface area contributed by atoms with E-state index in [2.05, 4.69) is 47.8 Å². The zero-order valence-electron chi connectivity index (χ0n) is 11.8. The molecule has 2 rings (SSSR count). The molecule has 1 aromatic heterocycles. The second-order valence-electron chi connectivity index (χ2n) is 5.46. The van der Waals surface area contributed by atoms with Gasteiger partial charge in [-0.15, -0.1) is 5.10 Å². The highest BCUT2D eigenvalue weighted by Gasteiger charge is 2.43. The van der Waals surface area contributed by atoms with Crippen LogP contribution in [-0.2, 0) is 12.8 Å². The lowest BCUT2D eigenvalue weighted by atomic mass is 9.80. The molecule has 0 radical (unpaired) electrons. The van der Waals surface area contributed by atoms with Gasteiger partial charge in [-0.3, -0.25) is 0 Å². The van der Waals surface area contributed by atoms with Crippen LogP contribution in [0.25, 0.3) is 0 Å². The molecule has 0 aliphatic carbocycles. The Labute approximate surface area is 109 Å². The number of nitrogens with zero attached hydrogens (tertiary/aromatic N) is 4. The molecule has 1 fully saturated rings. The molecule has 0 aromatic carbocycles. The van der Waals surface area contributed by atoms with Crippen LogP contribution in [0.4, 0.5) is 5.95 Å². The maximum absolute atomic E-state index is 6.28. The van der Waals surface area contributed by atoms with Crippen molar-refractivity contribution in [3.8, 4) is 0 Å². The SMILES string of the molecule is CCc1nnc(N2CC(N)(C(C)C)C2)nc1CC. The standard InChI is InChI=1S/C13H23N5/c1-5-10-11(6-2)16-17-12(15-10)18-7-13(14,8-18)9(3)4/h9H,5-8,14H2,1-4H3. The average Bonchev–Trinajstić information content (AvgIpc) is 2.33. The molecule has 2 N–H and O–H groups in total. The Hall–Kier alpha value is -1.23. The molecular weight excluding hydrogens is 226 g/mol. The van der Waals surface area contributed by atoms with Crippen LogP contribution in [0, 0.1) is 5.92 Å². The maximum atomic E-state index is 6.28. The molecule has 0 amide bonds. The van der Waals surface area contributed by atoms with E-state index in [0.29, 0.717) is 5.92 Å². The van der Waals surface area contributed by atoms with Gasteiger partial charge >= 0.3 is 0 Å². The largest absolute Gasteiger partial charge is 0.336 e. The lowest BCUT2D eigenvalue weighted by Gasteiger charge is -2.50. The second-order valence-corrected chi connectivity index (χ2v) is 5.46. The van der Waals surface area contributed by atoms with E-state index in [1.807, 2.05) is 0 Å². The lowest BCUT2D eigenvalue weighted by molar-refractivity contribution is 0.241. The van der Waals surface area contributed by atoms with Gasteiger partial charge in [0.25, 0.3) is 0 Å². The summed E-state index contributed by atoms with van der Waals surface area (Å²) in [5.41, 5.74) is 8.25. The van der Waals surface area contributed by atoms with Crippen LogP contribution in [0.1, 0.15) is 39.1 Å². The summed E-state index contributed by atoms with van der Waals surface area (Å²) in [5, 5.41) is 8.48. The van der Waals surface area contributed by atoms with Crippen molar-refractivity contribution in [3.05, 3.63) is 11.4 Å². The van der Waals surface area contributed by atoms with Crippen molar-refractivity contribution in [2.75, 3.05) is 18.0 Å². The summed E-state index contributed by atoms with van der Waals surface area (Å²) in [6.45, 7) is 10.1. The van der Waals surface area contributed by atoms with Gasteiger partial charge in [0, 0.05) is 13.1 Å². The quantitative estimate of drug-likeness (QED) is 0.867. The van der Waals surface area contributed by atoms with Gasteiger partial charge < -0.3 is 10.6 Å². The lowest BCUT2D eigenvalue weighted by Crippen LogP contribution is -2.70. The van der Waals surface area contributed by atoms with Crippen molar-refractivity contribution < 1.29 is 0 Å². The number of aromatic nitrogens is 3. The van der Waals surface area contributed by atoms with E-state index < -0.39 is 0 Å². The molecule has 0 atom stereocenters. The number of nitrogens with two attached hydrogens (primary N) is 1. The number of hydrogen-bond donors (Lipinski definition) is 1. The van der Waals surface area contributed by atoms with Crippen molar-refractivity contribution in [2.24, 2.45) is 11.7 Å². The Bertz CT molecular complexity index is 423. The summed E-state index contributed by atoms with van der Waals surface area (Å²) < 4.78 is 0. The predicted molar refractivity (Wildman–Crippen MR) is 72.6 cm³/mol. The van der Waals surface area contributed by atoms with Crippen LogP contribution >= 0.6 is 0 Å². The predicted octanol–water partition coefficient (Wildman–Crippen LogP) is 1.17. The Morgan fingerprint density at radius 3 is 2.28 bits per heavy atom. The molecule has 5 nitrogen and oxygen atoms in total. The first-order valence-electron chi connectivity index (χ1n) is 6.76. The molecular formula is C13H23N5. The van der Waals surface area contributed by atoms with Gasteiger partial charge in [0.05, 0.1) is 16.9 Å². The number of aryl methyl sites for hydroxylation is 2. The second kappa shape index (κ2) is 4.80. The molecule has 2 heterocycles. The molecule has 100 valence electrons. The van der Waals surface area contributed by atoms with E-state index in [4.69, 9.17) is 5.73 Å². The molecule has 0 bridgehead atoms. The summed E-state index contributed by atoms with van der Waals surface area (Å²) in [5.74, 6) is 1.20. The number of rotatable bonds is 4. The van der Waals surface area contributed by atoms with Gasteiger partial charge in [-0.05, 0) is 18.8 Å². The monoisotopic (exact) mass is 249 g/mol. The van der Waals surface area contributed by atoms with E-state index in [1.54, 1.807) is 0 Å². The van der Waals surface area contributed by atoms with Crippen LogP contribution in [-0.4, -0.2) is 33.8 Å². The molecule has 0 unspecified atom stereocenters. The molecule has 1 saturated heterocycles. The van der Waals surface area contributed by atoms with Gasteiger partial charge in [0.1, 0.15) is 0 Å². The fraction of sp³-hybridized carbons (Fsp3) is 0.769. The fourth-order valence-corrected chi connectivity index (χ4v) is 2.23. The minimum Gasteiger partial charge on any atom is -0.336 e. The van der Waals surface area contributed by atoms with E-state index in [0.717, 1.165) is 43.3 Å². The number of anilines is 1. The highest BCUT2D eigenvalue weighted by Crippen LogP contribution is 2.28. The van der Waals surface area contributed by atoms with Gasteiger partial charge in [0.2, 0.25) is 5.95 Å². The van der Waals surface area contributed by atoms with Crippen LogP contribution < -0.4 is 10.6 Å². The van der Waals surface area contributed by atoms with Crippen LogP contribution in [0.15, 0.2) is 0 Å². The minimum atomic E-state index is -0.0980. The molecule has 1 aliphatic heterocycles. The normalized spacial score (nSPS) is 18.0. The summed E-state index contributed by atoms with van der Waals surface area (Å²) in [4.78, 5) is 6.72. The molecule has 18 heavy (non-hydrogen) atoms. The average molecular weight is 249 g/mol. The molecule has 5 heteroatoms. The highest BCUT2D eigenvalue weighted by molar-refractivity contribution is 5.38. The van der Waals surface area contributed by atoms with Crippen LogP contribution in [0.3, 0.4) is 0 Å². The zero-order valence-corrected chi connectivity index (χ0v) is 11.8. The third-order valence-electron chi connectivity index (χ3n) is 3.90. The van der Waals surface area contributed by atoms with E-state index in [1.165, 1.54) is 0 Å². The van der Waals surface area contributed by atoms with Crippen molar-refractivity contribution in [1.82, 2.24) is 15.2 Å². The van der Waals surface area contributed by atoms with Crippen molar-refractivity contribution in [3.63, 3.8) is 0 Å². The van der Waals surface area contributed by atoms with Crippen molar-refractivity contribution >= 4 is 5.95 Å². The van der Waals surface area contributed by atoms with Crippen molar-refractivity contribution in [1.29, 1.82) is 0 Å². The summed E-state index contributed by atoms with van der Waals surface area (Å²) >= 11 is 0. The first-order chi connectivity index (χ1) is 8.50. The Balaban J connectivity index is 2.13. The smallest absolute Gasteiger partial charge is 0.245 e. The first kappa shape index (κ1) is 13.2. The van der Waals surface area contributed by atoms with Gasteiger partial charge in [-0.25, -0.2) is 4.98 Å². The Kier molecular flexibility index (Phi) is 3.52.